The number of hydrogen-bond donors (Lipinski definition) is 2. The average molecular weight is 470 g/mol. The maximum atomic E-state index is 14.2. The molecule has 2 N–H and O–H groups in total. The minimum absolute atomic E-state index is 0. The number of aromatic nitrogens is 1. The van der Waals surface area contributed by atoms with Crippen LogP contribution in [0.5, 0.6) is 11.5 Å². The highest BCUT2D eigenvalue weighted by molar-refractivity contribution is 14.0. The molecule has 140 valence electrons. The summed E-state index contributed by atoms with van der Waals surface area (Å²) in [6.45, 7) is 4.17. The summed E-state index contributed by atoms with van der Waals surface area (Å²) in [5.41, 5.74) is 0.791. The van der Waals surface area contributed by atoms with Crippen molar-refractivity contribution in [2.45, 2.75) is 26.3 Å². The van der Waals surface area contributed by atoms with Gasteiger partial charge in [0, 0.05) is 19.3 Å². The van der Waals surface area contributed by atoms with Crippen LogP contribution in [0.15, 0.2) is 47.7 Å². The van der Waals surface area contributed by atoms with Gasteiger partial charge in [0.2, 0.25) is 0 Å². The van der Waals surface area contributed by atoms with Gasteiger partial charge in [-0.3, -0.25) is 4.98 Å². The van der Waals surface area contributed by atoms with Gasteiger partial charge < -0.3 is 15.4 Å². The van der Waals surface area contributed by atoms with Gasteiger partial charge in [0.05, 0.1) is 12.7 Å². The predicted molar refractivity (Wildman–Crippen MR) is 112 cm³/mol. The van der Waals surface area contributed by atoms with Crippen molar-refractivity contribution in [1.29, 1.82) is 0 Å². The third-order valence-corrected chi connectivity index (χ3v) is 3.88. The van der Waals surface area contributed by atoms with E-state index in [4.69, 9.17) is 4.74 Å². The number of nitrogens with one attached hydrogen (secondary N) is 2. The van der Waals surface area contributed by atoms with E-state index in [0.717, 1.165) is 30.5 Å². The third kappa shape index (κ3) is 6.44. The van der Waals surface area contributed by atoms with Crippen molar-refractivity contribution in [2.75, 3.05) is 13.1 Å². The van der Waals surface area contributed by atoms with E-state index in [1.165, 1.54) is 18.9 Å². The molecule has 1 fully saturated rings. The molecule has 0 unspecified atom stereocenters. The van der Waals surface area contributed by atoms with Crippen molar-refractivity contribution >= 4 is 29.9 Å². The van der Waals surface area contributed by atoms with Crippen molar-refractivity contribution in [3.05, 3.63) is 54.1 Å². The number of guanidine groups is 1. The van der Waals surface area contributed by atoms with E-state index >= 15 is 0 Å². The first-order valence-electron chi connectivity index (χ1n) is 8.63. The largest absolute Gasteiger partial charge is 0.453 e. The molecule has 0 amide bonds. The van der Waals surface area contributed by atoms with Crippen molar-refractivity contribution in [2.24, 2.45) is 10.9 Å². The SMILES string of the molecule is CCNC(=NCc1ccc(Oc2cccnc2)c(F)c1)NCC1CC1.I. The predicted octanol–water partition coefficient (Wildman–Crippen LogP) is 4.10. The molecule has 0 saturated heterocycles. The Labute approximate surface area is 170 Å². The summed E-state index contributed by atoms with van der Waals surface area (Å²) in [5, 5.41) is 6.53. The van der Waals surface area contributed by atoms with E-state index in [2.05, 4.69) is 20.6 Å². The van der Waals surface area contributed by atoms with Crippen molar-refractivity contribution in [3.8, 4) is 11.5 Å². The van der Waals surface area contributed by atoms with Gasteiger partial charge in [-0.25, -0.2) is 9.38 Å². The summed E-state index contributed by atoms with van der Waals surface area (Å²) >= 11 is 0. The number of rotatable bonds is 7. The van der Waals surface area contributed by atoms with Crippen LogP contribution in [0.25, 0.3) is 0 Å². The standard InChI is InChI=1S/C19H23FN4O.HI/c1-2-22-19(23-11-14-5-6-14)24-12-15-7-8-18(17(20)10-15)25-16-4-3-9-21-13-16;/h3-4,7-10,13-14H,2,5-6,11-12H2,1H3,(H2,22,23,24);1H. The van der Waals surface area contributed by atoms with Crippen molar-refractivity contribution in [3.63, 3.8) is 0 Å². The number of ether oxygens (including phenoxy) is 1. The van der Waals surface area contributed by atoms with Gasteiger partial charge in [-0.2, -0.15) is 0 Å². The summed E-state index contributed by atoms with van der Waals surface area (Å²) < 4.78 is 19.7. The van der Waals surface area contributed by atoms with Crippen LogP contribution in [-0.2, 0) is 6.54 Å². The molecule has 1 aliphatic rings. The summed E-state index contributed by atoms with van der Waals surface area (Å²) in [5.74, 6) is 1.81. The fourth-order valence-electron chi connectivity index (χ4n) is 2.33. The number of halogens is 2. The molecule has 0 aliphatic heterocycles. The zero-order chi connectivity index (χ0) is 17.5. The molecule has 3 rings (SSSR count). The molecule has 0 bridgehead atoms. The Hall–Kier alpha value is -1.90. The number of hydrogen-bond acceptors (Lipinski definition) is 3. The van der Waals surface area contributed by atoms with E-state index in [9.17, 15) is 4.39 Å². The Bertz CT molecular complexity index is 723. The van der Waals surface area contributed by atoms with E-state index in [1.54, 1.807) is 30.6 Å². The van der Waals surface area contributed by atoms with E-state index in [-0.39, 0.29) is 29.7 Å². The van der Waals surface area contributed by atoms with Crippen LogP contribution in [0.1, 0.15) is 25.3 Å². The molecule has 1 heterocycles. The molecule has 26 heavy (non-hydrogen) atoms. The lowest BCUT2D eigenvalue weighted by molar-refractivity contribution is 0.440. The highest BCUT2D eigenvalue weighted by atomic mass is 127. The number of pyridine rings is 1. The van der Waals surface area contributed by atoms with Gasteiger partial charge in [-0.05, 0) is 55.5 Å². The van der Waals surface area contributed by atoms with Gasteiger partial charge in [0.1, 0.15) is 5.75 Å². The second-order valence-corrected chi connectivity index (χ2v) is 6.08. The maximum absolute atomic E-state index is 14.2. The van der Waals surface area contributed by atoms with Crippen LogP contribution < -0.4 is 15.4 Å². The van der Waals surface area contributed by atoms with E-state index in [0.29, 0.717) is 12.3 Å². The summed E-state index contributed by atoms with van der Waals surface area (Å²) in [6, 6.07) is 8.38. The minimum atomic E-state index is -0.410. The first-order valence-corrected chi connectivity index (χ1v) is 8.63. The van der Waals surface area contributed by atoms with Crippen LogP contribution in [0.3, 0.4) is 0 Å². The zero-order valence-corrected chi connectivity index (χ0v) is 17.1. The van der Waals surface area contributed by atoms with E-state index < -0.39 is 5.82 Å². The molecule has 0 spiro atoms. The van der Waals surface area contributed by atoms with E-state index in [1.807, 2.05) is 13.0 Å². The van der Waals surface area contributed by atoms with Gasteiger partial charge >= 0.3 is 0 Å². The van der Waals surface area contributed by atoms with Crippen molar-refractivity contribution < 1.29 is 9.13 Å². The lowest BCUT2D eigenvalue weighted by Gasteiger charge is -2.11. The normalized spacial score (nSPS) is 13.7. The Morgan fingerprint density at radius 2 is 2.15 bits per heavy atom. The average Bonchev–Trinajstić information content (AvgIpc) is 3.45. The zero-order valence-electron chi connectivity index (χ0n) is 14.7. The quantitative estimate of drug-likeness (QED) is 0.364. The first-order chi connectivity index (χ1) is 12.2. The highest BCUT2D eigenvalue weighted by Crippen LogP contribution is 2.27. The van der Waals surface area contributed by atoms with Gasteiger partial charge in [0.15, 0.2) is 17.5 Å². The Morgan fingerprint density at radius 3 is 2.81 bits per heavy atom. The molecule has 2 aromatic rings. The fourth-order valence-corrected chi connectivity index (χ4v) is 2.33. The van der Waals surface area contributed by atoms with Gasteiger partial charge in [0.25, 0.3) is 0 Å². The Kier molecular flexibility index (Phi) is 8.08. The second kappa shape index (κ2) is 10.3. The van der Waals surface area contributed by atoms with Crippen LogP contribution >= 0.6 is 24.0 Å². The number of nitrogens with zero attached hydrogens (tertiary/aromatic N) is 2. The van der Waals surface area contributed by atoms with Crippen LogP contribution in [0.2, 0.25) is 0 Å². The highest BCUT2D eigenvalue weighted by Gasteiger charge is 2.21. The topological polar surface area (TPSA) is 58.5 Å². The molecule has 5 nitrogen and oxygen atoms in total. The summed E-state index contributed by atoms with van der Waals surface area (Å²) in [6.07, 6.45) is 5.77. The number of aliphatic imine (C=N–C) groups is 1. The molecule has 7 heteroatoms. The molecule has 1 aliphatic carbocycles. The molecular formula is C19H24FIN4O. The Balaban J connectivity index is 0.00000243. The second-order valence-electron chi connectivity index (χ2n) is 6.08. The lowest BCUT2D eigenvalue weighted by Crippen LogP contribution is -2.38. The van der Waals surface area contributed by atoms with Gasteiger partial charge in [-0.1, -0.05) is 6.07 Å². The Morgan fingerprint density at radius 1 is 1.31 bits per heavy atom. The van der Waals surface area contributed by atoms with Crippen LogP contribution in [0, 0.1) is 11.7 Å². The van der Waals surface area contributed by atoms with Crippen molar-refractivity contribution in [1.82, 2.24) is 15.6 Å². The smallest absolute Gasteiger partial charge is 0.191 e. The molecule has 1 aromatic carbocycles. The fraction of sp³-hybridized carbons (Fsp3) is 0.368. The van der Waals surface area contributed by atoms with Crippen LogP contribution in [-0.4, -0.2) is 24.0 Å². The lowest BCUT2D eigenvalue weighted by atomic mass is 10.2. The van der Waals surface area contributed by atoms with Crippen LogP contribution in [0.4, 0.5) is 4.39 Å². The monoisotopic (exact) mass is 470 g/mol. The summed E-state index contributed by atoms with van der Waals surface area (Å²) in [7, 11) is 0. The molecule has 0 radical (unpaired) electrons. The number of benzene rings is 1. The minimum Gasteiger partial charge on any atom is -0.453 e. The summed E-state index contributed by atoms with van der Waals surface area (Å²) in [4.78, 5) is 8.46. The molecule has 1 saturated carbocycles. The molecular weight excluding hydrogens is 446 g/mol. The third-order valence-electron chi connectivity index (χ3n) is 3.88. The van der Waals surface area contributed by atoms with Gasteiger partial charge in [-0.15, -0.1) is 24.0 Å². The first kappa shape index (κ1) is 20.4. The molecule has 0 atom stereocenters. The maximum Gasteiger partial charge on any atom is 0.191 e. The molecule has 1 aromatic heterocycles.